The minimum absolute atomic E-state index is 0.517. The molecule has 1 fully saturated rings. The van der Waals surface area contributed by atoms with E-state index in [0.29, 0.717) is 5.92 Å². The van der Waals surface area contributed by atoms with Crippen LogP contribution in [0.15, 0.2) is 0 Å². The number of H-pyrrole nitrogens is 1. The van der Waals surface area contributed by atoms with E-state index in [1.165, 1.54) is 12.8 Å². The second-order valence-electron chi connectivity index (χ2n) is 5.52. The summed E-state index contributed by atoms with van der Waals surface area (Å²) in [5, 5.41) is 10.8. The first-order chi connectivity index (χ1) is 9.28. The summed E-state index contributed by atoms with van der Waals surface area (Å²) in [5.74, 6) is 3.27. The largest absolute Gasteiger partial charge is 0.340 e. The summed E-state index contributed by atoms with van der Waals surface area (Å²) in [5.41, 5.74) is 0. The monoisotopic (exact) mass is 265 g/mol. The highest BCUT2D eigenvalue weighted by Crippen LogP contribution is 2.23. The molecule has 0 bridgehead atoms. The zero-order valence-electron chi connectivity index (χ0n) is 12.4. The minimum atomic E-state index is 0.517. The van der Waals surface area contributed by atoms with Crippen LogP contribution in [0, 0.1) is 5.92 Å². The minimum Gasteiger partial charge on any atom is -0.340 e. The molecule has 19 heavy (non-hydrogen) atoms. The number of nitrogens with one attached hydrogen (secondary N) is 2. The summed E-state index contributed by atoms with van der Waals surface area (Å²) < 4.78 is 0. The highest BCUT2D eigenvalue weighted by Gasteiger charge is 2.22. The molecule has 0 radical (unpaired) electrons. The van der Waals surface area contributed by atoms with Gasteiger partial charge in [-0.05, 0) is 45.2 Å². The Morgan fingerprint density at radius 3 is 2.58 bits per heavy atom. The van der Waals surface area contributed by atoms with Gasteiger partial charge in [0.2, 0.25) is 5.95 Å². The Balaban J connectivity index is 1.93. The highest BCUT2D eigenvalue weighted by atomic mass is 15.4. The SMILES string of the molecule is CCC(CC)c1nc(N2CCC(CNC)CC2)n[nH]1. The predicted molar refractivity (Wildman–Crippen MR) is 78.6 cm³/mol. The van der Waals surface area contributed by atoms with Gasteiger partial charge in [0.15, 0.2) is 0 Å². The number of aromatic amines is 1. The Bertz CT molecular complexity index is 364. The molecule has 5 heteroatoms. The fourth-order valence-corrected chi connectivity index (χ4v) is 2.89. The van der Waals surface area contributed by atoms with Crippen LogP contribution in [0.1, 0.15) is 51.3 Å². The number of piperidine rings is 1. The van der Waals surface area contributed by atoms with E-state index in [4.69, 9.17) is 4.98 Å². The van der Waals surface area contributed by atoms with Gasteiger partial charge < -0.3 is 10.2 Å². The van der Waals surface area contributed by atoms with Gasteiger partial charge in [-0.2, -0.15) is 4.98 Å². The molecular formula is C14H27N5. The Morgan fingerprint density at radius 2 is 2.00 bits per heavy atom. The molecule has 0 atom stereocenters. The predicted octanol–water partition coefficient (Wildman–Crippen LogP) is 2.14. The molecule has 108 valence electrons. The topological polar surface area (TPSA) is 56.8 Å². The summed E-state index contributed by atoms with van der Waals surface area (Å²) in [6.07, 6.45) is 4.70. The van der Waals surface area contributed by atoms with Gasteiger partial charge in [-0.25, -0.2) is 0 Å². The molecule has 0 aliphatic carbocycles. The van der Waals surface area contributed by atoms with E-state index >= 15 is 0 Å². The van der Waals surface area contributed by atoms with Crippen molar-refractivity contribution in [2.75, 3.05) is 31.6 Å². The molecule has 2 heterocycles. The molecule has 0 spiro atoms. The van der Waals surface area contributed by atoms with Crippen LogP contribution in [0.25, 0.3) is 0 Å². The highest BCUT2D eigenvalue weighted by molar-refractivity contribution is 5.29. The third-order valence-electron chi connectivity index (χ3n) is 4.25. The lowest BCUT2D eigenvalue weighted by Crippen LogP contribution is -2.37. The van der Waals surface area contributed by atoms with Gasteiger partial charge in [-0.3, -0.25) is 5.10 Å². The summed E-state index contributed by atoms with van der Waals surface area (Å²) >= 11 is 0. The first-order valence-corrected chi connectivity index (χ1v) is 7.60. The van der Waals surface area contributed by atoms with Gasteiger partial charge >= 0.3 is 0 Å². The average Bonchev–Trinajstić information content (AvgIpc) is 2.91. The number of hydrogen-bond acceptors (Lipinski definition) is 4. The third-order valence-corrected chi connectivity index (χ3v) is 4.25. The van der Waals surface area contributed by atoms with Crippen LogP contribution < -0.4 is 10.2 Å². The van der Waals surface area contributed by atoms with Crippen molar-refractivity contribution >= 4 is 5.95 Å². The maximum absolute atomic E-state index is 4.69. The molecule has 1 aromatic heterocycles. The molecule has 5 nitrogen and oxygen atoms in total. The Kier molecular flexibility index (Phi) is 5.19. The second-order valence-corrected chi connectivity index (χ2v) is 5.52. The van der Waals surface area contributed by atoms with Crippen LogP contribution in [0.3, 0.4) is 0 Å². The second kappa shape index (κ2) is 6.89. The maximum atomic E-state index is 4.69. The summed E-state index contributed by atoms with van der Waals surface area (Å²) in [6, 6.07) is 0. The number of nitrogens with zero attached hydrogens (tertiary/aromatic N) is 3. The van der Waals surface area contributed by atoms with Gasteiger partial charge in [0.25, 0.3) is 0 Å². The lowest BCUT2D eigenvalue weighted by Gasteiger charge is -2.31. The van der Waals surface area contributed by atoms with Crippen LogP contribution in [-0.2, 0) is 0 Å². The molecule has 0 saturated carbocycles. The Morgan fingerprint density at radius 1 is 1.32 bits per heavy atom. The molecule has 0 amide bonds. The molecule has 0 unspecified atom stereocenters. The average molecular weight is 265 g/mol. The fraction of sp³-hybridized carbons (Fsp3) is 0.857. The summed E-state index contributed by atoms with van der Waals surface area (Å²) in [4.78, 5) is 7.00. The third kappa shape index (κ3) is 3.47. The van der Waals surface area contributed by atoms with Crippen molar-refractivity contribution in [2.45, 2.75) is 45.4 Å². The lowest BCUT2D eigenvalue weighted by atomic mass is 9.97. The number of rotatable bonds is 6. The Hall–Kier alpha value is -1.10. The first-order valence-electron chi connectivity index (χ1n) is 7.60. The first kappa shape index (κ1) is 14.3. The van der Waals surface area contributed by atoms with E-state index in [0.717, 1.165) is 50.2 Å². The van der Waals surface area contributed by atoms with Crippen molar-refractivity contribution in [3.63, 3.8) is 0 Å². The van der Waals surface area contributed by atoms with Gasteiger partial charge in [-0.1, -0.05) is 13.8 Å². The van der Waals surface area contributed by atoms with Crippen LogP contribution in [0.5, 0.6) is 0 Å². The normalized spacial score (nSPS) is 17.4. The molecule has 2 rings (SSSR count). The molecule has 1 saturated heterocycles. The van der Waals surface area contributed by atoms with E-state index < -0.39 is 0 Å². The van der Waals surface area contributed by atoms with E-state index in [1.807, 2.05) is 7.05 Å². The zero-order chi connectivity index (χ0) is 13.7. The molecular weight excluding hydrogens is 238 g/mol. The van der Waals surface area contributed by atoms with Crippen molar-refractivity contribution in [2.24, 2.45) is 5.92 Å². The molecule has 2 N–H and O–H groups in total. The van der Waals surface area contributed by atoms with Crippen molar-refractivity contribution in [1.82, 2.24) is 20.5 Å². The number of hydrogen-bond donors (Lipinski definition) is 2. The maximum Gasteiger partial charge on any atom is 0.244 e. The molecule has 0 aromatic carbocycles. The Labute approximate surface area is 116 Å². The van der Waals surface area contributed by atoms with Gasteiger partial charge in [0, 0.05) is 19.0 Å². The lowest BCUT2D eigenvalue weighted by molar-refractivity contribution is 0.391. The standard InChI is InChI=1S/C14H27N5/c1-4-12(5-2)13-16-14(18-17-13)19-8-6-11(7-9-19)10-15-3/h11-12,15H,4-10H2,1-3H3,(H,16,17,18). The van der Waals surface area contributed by atoms with Crippen molar-refractivity contribution in [3.8, 4) is 0 Å². The number of anilines is 1. The van der Waals surface area contributed by atoms with Crippen molar-refractivity contribution in [1.29, 1.82) is 0 Å². The molecule has 1 aliphatic heterocycles. The quantitative estimate of drug-likeness (QED) is 0.827. The molecule has 1 aliphatic rings. The van der Waals surface area contributed by atoms with Crippen LogP contribution in [0.4, 0.5) is 5.95 Å². The van der Waals surface area contributed by atoms with E-state index in [-0.39, 0.29) is 0 Å². The van der Waals surface area contributed by atoms with E-state index in [9.17, 15) is 0 Å². The van der Waals surface area contributed by atoms with Crippen LogP contribution in [0.2, 0.25) is 0 Å². The number of aromatic nitrogens is 3. The van der Waals surface area contributed by atoms with Crippen LogP contribution in [-0.4, -0.2) is 41.9 Å². The fourth-order valence-electron chi connectivity index (χ4n) is 2.89. The summed E-state index contributed by atoms with van der Waals surface area (Å²) in [6.45, 7) is 7.69. The van der Waals surface area contributed by atoms with Gasteiger partial charge in [-0.15, -0.1) is 5.10 Å². The van der Waals surface area contributed by atoms with Crippen LogP contribution >= 0.6 is 0 Å². The van der Waals surface area contributed by atoms with Gasteiger partial charge in [0.1, 0.15) is 5.82 Å². The van der Waals surface area contributed by atoms with E-state index in [2.05, 4.69) is 34.3 Å². The smallest absolute Gasteiger partial charge is 0.244 e. The molecule has 1 aromatic rings. The summed E-state index contributed by atoms with van der Waals surface area (Å²) in [7, 11) is 2.03. The van der Waals surface area contributed by atoms with Crippen molar-refractivity contribution in [3.05, 3.63) is 5.82 Å². The van der Waals surface area contributed by atoms with E-state index in [1.54, 1.807) is 0 Å². The zero-order valence-corrected chi connectivity index (χ0v) is 12.4. The van der Waals surface area contributed by atoms with Crippen molar-refractivity contribution < 1.29 is 0 Å². The van der Waals surface area contributed by atoms with Gasteiger partial charge in [0.05, 0.1) is 0 Å².